The lowest BCUT2D eigenvalue weighted by Crippen LogP contribution is -2.33. The van der Waals surface area contributed by atoms with Gasteiger partial charge in [-0.05, 0) is 37.2 Å². The van der Waals surface area contributed by atoms with Gasteiger partial charge < -0.3 is 5.73 Å². The fraction of sp³-hybridized carbons (Fsp3) is 0.455. The number of halogens is 3. The summed E-state index contributed by atoms with van der Waals surface area (Å²) in [5, 5.41) is 0. The monoisotopic (exact) mass is 375 g/mol. The van der Waals surface area contributed by atoms with Gasteiger partial charge >= 0.3 is 6.18 Å². The Labute approximate surface area is 132 Å². The van der Waals surface area contributed by atoms with Gasteiger partial charge in [-0.15, -0.1) is 0 Å². The Hall–Kier alpha value is -1.21. The van der Waals surface area contributed by atoms with Gasteiger partial charge in [0.05, 0.1) is 9.79 Å². The number of nitrogens with one attached hydrogen (secondary N) is 2. The Morgan fingerprint density at radius 1 is 0.913 bits per heavy atom. The molecule has 1 aromatic rings. The second-order valence-electron chi connectivity index (χ2n) is 4.45. The third-order valence-electron chi connectivity index (χ3n) is 2.58. The molecule has 132 valence electrons. The summed E-state index contributed by atoms with van der Waals surface area (Å²) in [7, 11) is -8.21. The van der Waals surface area contributed by atoms with Crippen molar-refractivity contribution < 1.29 is 30.0 Å². The van der Waals surface area contributed by atoms with Crippen LogP contribution in [0, 0.1) is 0 Å². The van der Waals surface area contributed by atoms with Gasteiger partial charge in [0.25, 0.3) is 0 Å². The average Bonchev–Trinajstić information content (AvgIpc) is 2.45. The topological polar surface area (TPSA) is 118 Å². The minimum Gasteiger partial charge on any atom is -0.330 e. The third-order valence-corrected chi connectivity index (χ3v) is 5.47. The molecule has 0 radical (unpaired) electrons. The lowest BCUT2D eigenvalue weighted by molar-refractivity contribution is -0.121. The highest BCUT2D eigenvalue weighted by molar-refractivity contribution is 7.90. The van der Waals surface area contributed by atoms with Gasteiger partial charge in [-0.3, -0.25) is 0 Å². The van der Waals surface area contributed by atoms with Crippen LogP contribution in [0.1, 0.15) is 6.42 Å². The first-order chi connectivity index (χ1) is 10.5. The Morgan fingerprint density at radius 3 is 1.74 bits per heavy atom. The SMILES string of the molecule is NCCCNS(=O)(=O)c1ccc(S(=O)(=O)NCC(F)(F)F)cc1. The van der Waals surface area contributed by atoms with E-state index in [9.17, 15) is 30.0 Å². The van der Waals surface area contributed by atoms with Crippen LogP contribution < -0.4 is 15.2 Å². The molecule has 12 heteroatoms. The van der Waals surface area contributed by atoms with E-state index in [1.165, 1.54) is 4.72 Å². The summed E-state index contributed by atoms with van der Waals surface area (Å²) in [6.45, 7) is -1.30. The van der Waals surface area contributed by atoms with Crippen LogP contribution >= 0.6 is 0 Å². The molecule has 0 aliphatic rings. The number of benzene rings is 1. The summed E-state index contributed by atoms with van der Waals surface area (Å²) < 4.78 is 86.8. The molecule has 0 bridgehead atoms. The van der Waals surface area contributed by atoms with E-state index < -0.39 is 37.7 Å². The molecule has 0 saturated carbocycles. The molecule has 0 spiro atoms. The van der Waals surface area contributed by atoms with Crippen molar-refractivity contribution in [3.8, 4) is 0 Å². The van der Waals surface area contributed by atoms with E-state index in [0.29, 0.717) is 13.0 Å². The molecular weight excluding hydrogens is 359 g/mol. The van der Waals surface area contributed by atoms with Crippen LogP contribution in [-0.4, -0.2) is 42.6 Å². The molecule has 0 amide bonds. The predicted molar refractivity (Wildman–Crippen MR) is 76.5 cm³/mol. The quantitative estimate of drug-likeness (QED) is 0.559. The van der Waals surface area contributed by atoms with Crippen molar-refractivity contribution in [1.29, 1.82) is 0 Å². The predicted octanol–water partition coefficient (Wildman–Crippen LogP) is 0.154. The van der Waals surface area contributed by atoms with Crippen molar-refractivity contribution in [2.75, 3.05) is 19.6 Å². The molecule has 4 N–H and O–H groups in total. The first-order valence-corrected chi connectivity index (χ1v) is 9.31. The van der Waals surface area contributed by atoms with Crippen molar-refractivity contribution in [1.82, 2.24) is 9.44 Å². The molecule has 0 saturated heterocycles. The van der Waals surface area contributed by atoms with Crippen LogP contribution in [-0.2, 0) is 20.0 Å². The normalized spacial score (nSPS) is 13.2. The zero-order valence-electron chi connectivity index (χ0n) is 11.8. The zero-order valence-corrected chi connectivity index (χ0v) is 13.4. The summed E-state index contributed by atoms with van der Waals surface area (Å²) in [4.78, 5) is -0.674. The number of nitrogens with two attached hydrogens (primary N) is 1. The third kappa shape index (κ3) is 6.43. The van der Waals surface area contributed by atoms with E-state index in [0.717, 1.165) is 24.3 Å². The maximum atomic E-state index is 12.0. The molecule has 0 unspecified atom stereocenters. The second kappa shape index (κ2) is 7.57. The first kappa shape index (κ1) is 19.8. The van der Waals surface area contributed by atoms with E-state index >= 15 is 0 Å². The molecule has 0 aliphatic carbocycles. The van der Waals surface area contributed by atoms with E-state index in [1.807, 2.05) is 0 Å². The molecule has 0 atom stereocenters. The number of sulfonamides is 2. The van der Waals surface area contributed by atoms with Gasteiger partial charge in [-0.25, -0.2) is 26.3 Å². The lowest BCUT2D eigenvalue weighted by atomic mass is 10.4. The second-order valence-corrected chi connectivity index (χ2v) is 7.99. The van der Waals surface area contributed by atoms with Crippen molar-refractivity contribution in [2.24, 2.45) is 5.73 Å². The summed E-state index contributed by atoms with van der Waals surface area (Å²) >= 11 is 0. The van der Waals surface area contributed by atoms with Crippen molar-refractivity contribution in [3.05, 3.63) is 24.3 Å². The summed E-state index contributed by atoms with van der Waals surface area (Å²) in [5.41, 5.74) is 5.23. The molecule has 0 heterocycles. The fourth-order valence-electron chi connectivity index (χ4n) is 1.45. The van der Waals surface area contributed by atoms with E-state index in [2.05, 4.69) is 4.72 Å². The van der Waals surface area contributed by atoms with Gasteiger partial charge in [0, 0.05) is 6.54 Å². The van der Waals surface area contributed by atoms with Gasteiger partial charge in [-0.1, -0.05) is 0 Å². The van der Waals surface area contributed by atoms with Gasteiger partial charge in [0.15, 0.2) is 0 Å². The Bertz CT molecular complexity index is 716. The van der Waals surface area contributed by atoms with Crippen LogP contribution in [0.2, 0.25) is 0 Å². The zero-order chi connectivity index (χ0) is 17.7. The minimum absolute atomic E-state index is 0.117. The van der Waals surface area contributed by atoms with Crippen LogP contribution in [0.3, 0.4) is 0 Å². The van der Waals surface area contributed by atoms with Crippen molar-refractivity contribution in [3.63, 3.8) is 0 Å². The maximum absolute atomic E-state index is 12.0. The van der Waals surface area contributed by atoms with Gasteiger partial charge in [0.1, 0.15) is 6.54 Å². The van der Waals surface area contributed by atoms with Crippen molar-refractivity contribution in [2.45, 2.75) is 22.4 Å². The largest absolute Gasteiger partial charge is 0.402 e. The van der Waals surface area contributed by atoms with Gasteiger partial charge in [-0.2, -0.15) is 13.2 Å². The van der Waals surface area contributed by atoms with E-state index in [-0.39, 0.29) is 11.4 Å². The molecular formula is C11H16F3N3O4S2. The highest BCUT2D eigenvalue weighted by Gasteiger charge is 2.30. The van der Waals surface area contributed by atoms with Crippen LogP contribution in [0.25, 0.3) is 0 Å². The molecule has 1 rings (SSSR count). The van der Waals surface area contributed by atoms with Crippen LogP contribution in [0.4, 0.5) is 13.2 Å². The van der Waals surface area contributed by atoms with E-state index in [1.54, 1.807) is 0 Å². The number of hydrogen-bond acceptors (Lipinski definition) is 5. The Balaban J connectivity index is 2.87. The van der Waals surface area contributed by atoms with Crippen LogP contribution in [0.15, 0.2) is 34.1 Å². The summed E-state index contributed by atoms with van der Waals surface area (Å²) in [5.74, 6) is 0. The molecule has 0 fully saturated rings. The highest BCUT2D eigenvalue weighted by Crippen LogP contribution is 2.17. The maximum Gasteiger partial charge on any atom is 0.402 e. The average molecular weight is 375 g/mol. The molecule has 0 aromatic heterocycles. The van der Waals surface area contributed by atoms with Gasteiger partial charge in [0.2, 0.25) is 20.0 Å². The summed E-state index contributed by atoms with van der Waals surface area (Å²) in [6, 6.07) is 3.81. The molecule has 7 nitrogen and oxygen atoms in total. The minimum atomic E-state index is -4.69. The lowest BCUT2D eigenvalue weighted by Gasteiger charge is -2.10. The Morgan fingerprint density at radius 2 is 1.35 bits per heavy atom. The number of rotatable bonds is 8. The summed E-state index contributed by atoms with van der Waals surface area (Å²) in [6.07, 6.45) is -4.27. The van der Waals surface area contributed by atoms with E-state index in [4.69, 9.17) is 5.73 Å². The molecule has 23 heavy (non-hydrogen) atoms. The van der Waals surface area contributed by atoms with Crippen molar-refractivity contribution >= 4 is 20.0 Å². The molecule has 0 aliphatic heterocycles. The number of hydrogen-bond donors (Lipinski definition) is 3. The first-order valence-electron chi connectivity index (χ1n) is 6.34. The standard InChI is InChI=1S/C11H16F3N3O4S2/c12-11(13,14)8-17-23(20,21)10-4-2-9(3-5-10)22(18,19)16-7-1-6-15/h2-5,16-17H,1,6-8,15H2. The number of alkyl halides is 3. The van der Waals surface area contributed by atoms with Crippen LogP contribution in [0.5, 0.6) is 0 Å². The Kier molecular flexibility index (Phi) is 6.53. The smallest absolute Gasteiger partial charge is 0.330 e. The highest BCUT2D eigenvalue weighted by atomic mass is 32.2. The fourth-order valence-corrected chi connectivity index (χ4v) is 3.54. The molecule has 1 aromatic carbocycles.